The van der Waals surface area contributed by atoms with Gasteiger partial charge in [0.2, 0.25) is 0 Å². The van der Waals surface area contributed by atoms with Gasteiger partial charge >= 0.3 is 0 Å². The first-order chi connectivity index (χ1) is 62.9. The number of hydrogen-bond donors (Lipinski definition) is 0. The van der Waals surface area contributed by atoms with Crippen molar-refractivity contribution in [2.45, 2.75) is 0 Å². The molecule has 0 bridgehead atoms. The highest BCUT2D eigenvalue weighted by Gasteiger charge is 1.53. The summed E-state index contributed by atoms with van der Waals surface area (Å²) in [5.74, 6) is 0. The number of rotatable bonds is 0. The molecule has 0 fully saturated rings. The van der Waals surface area contributed by atoms with Crippen LogP contribution in [0.3, 0.4) is 0 Å². The van der Waals surface area contributed by atoms with Crippen LogP contribution in [0.4, 0.5) is 0 Å². The van der Waals surface area contributed by atoms with Crippen LogP contribution in [0.5, 0.6) is 0 Å². The quantitative estimate of drug-likeness (QED) is 0.328. The Kier molecular flexibility index (Phi) is 186. The normalized spacial score (nSPS) is 7.90. The molecule has 0 aliphatic rings. The van der Waals surface area contributed by atoms with Gasteiger partial charge in [0.15, 0.2) is 0 Å². The molecule has 0 aromatic heterocycles. The van der Waals surface area contributed by atoms with Gasteiger partial charge in [-0.2, -0.15) is 0 Å². The van der Waals surface area contributed by atoms with Gasteiger partial charge in [-0.05, 0) is 0 Å². The van der Waals surface area contributed by atoms with Crippen molar-refractivity contribution in [2.24, 2.45) is 0 Å². The zero-order chi connectivity index (χ0) is 89.7. The summed E-state index contributed by atoms with van der Waals surface area (Å²) in [4.78, 5) is 0. The largest absolute Gasteiger partial charge is 0 e. The van der Waals surface area contributed by atoms with Crippen LogP contribution >= 0.6 is 0 Å². The molecule has 0 aliphatic carbocycles. The zero-order valence-corrected chi connectivity index (χ0v) is 154. The summed E-state index contributed by atoms with van der Waals surface area (Å²) in [6, 6.07) is 0. The summed E-state index contributed by atoms with van der Waals surface area (Å²) in [6.45, 7) is 0. The molecule has 0 aliphatic heterocycles. The fourth-order valence-corrected chi connectivity index (χ4v) is 336. The van der Waals surface area contributed by atoms with Crippen LogP contribution in [0.2, 0.25) is 0 Å². The van der Waals surface area contributed by atoms with Crippen molar-refractivity contribution in [1.29, 1.82) is 0 Å². The maximum atomic E-state index is 4.83. The molecule has 0 amide bonds. The molecule has 0 radical (unpaired) electrons. The molecule has 0 heterocycles. The molecule has 0 aromatic rings. The van der Waals surface area contributed by atoms with E-state index in [4.69, 9.17) is 22.4 Å². The van der Waals surface area contributed by atoms with Crippen molar-refractivity contribution in [3.05, 3.63) is 0 Å². The minimum Gasteiger partial charge on any atom is 0 e. The number of hydrogen-bond acceptors (Lipinski definition) is 2. The minimum absolute atomic E-state index is 1.37. The molecule has 0 spiro atoms. The standard InChI is InChI=1S/S126/c1-3-5-7-9-11-13-15-17-19-21-23-25-27-29-31-33-35-37-39-41-43-45-47-49-51-53-55-57-59-61-63-65-67-69-71-73-75-77-79-81-83-85-87-89-91-93-95-97-99-101-103-105-107-109-111-113-115-117-119-121-123-125-126-124-122-120-118-116-114-112-110-108-106-104-102-100-98-96-94-92-90-88-86-84-82-80-78-76-74-72-70-68-66-64-62-60-58-56-54-52-50-48-46-44-42-40-38-36-34-32-30-28-26-24-22-20-18-16-14-12-10-8-6-4-2. The molecule has 0 rings (SSSR count). The van der Waals surface area contributed by atoms with Crippen LogP contribution in [-0.4, -0.2) is 0 Å². The molecule has 0 aromatic carbocycles. The summed E-state index contributed by atoms with van der Waals surface area (Å²) in [5.41, 5.74) is 0. The Morgan fingerprint density at radius 2 is 0.0635 bits per heavy atom. The van der Waals surface area contributed by atoms with Gasteiger partial charge in [0, 0.05) is 1120 Å². The highest BCUT2D eigenvalue weighted by atomic mass is 33.6. The van der Waals surface area contributed by atoms with Gasteiger partial charge in [-0.25, -0.2) is 0 Å². The van der Waals surface area contributed by atoms with E-state index in [1.165, 1.54) is 17.8 Å². The average Bonchev–Trinajstić information content (AvgIpc) is 1.24. The Morgan fingerprint density at radius 3 is 0.0873 bits per heavy atom. The molecule has 0 atom stereocenters. The van der Waals surface area contributed by atoms with E-state index in [0.29, 0.717) is 0 Å². The second kappa shape index (κ2) is 153. The Morgan fingerprint density at radius 1 is 0.0397 bits per heavy atom. The maximum absolute atomic E-state index is 4.83. The van der Waals surface area contributed by atoms with E-state index < -0.39 is 0 Å². The van der Waals surface area contributed by atoms with Crippen molar-refractivity contribution >= 4 is 1120 Å². The van der Waals surface area contributed by atoms with Crippen LogP contribution in [-0.2, 0) is 1120 Å². The van der Waals surface area contributed by atoms with Crippen LogP contribution in [0.1, 0.15) is 0 Å². The summed E-state index contributed by atoms with van der Waals surface area (Å²) in [5, 5.41) is 0. The Labute approximate surface area is 1090 Å². The average molecular weight is 4040 g/mol. The summed E-state index contributed by atoms with van der Waals surface area (Å²) < 4.78 is 0. The summed E-state index contributed by atoms with van der Waals surface area (Å²) in [7, 11) is 225. The highest BCUT2D eigenvalue weighted by molar-refractivity contribution is 8.90. The molecule has 0 saturated carbocycles. The molecule has 0 saturated heterocycles. The molecule has 126 heteroatoms. The predicted octanol–water partition coefficient (Wildman–Crippen LogP) is -0.302. The third-order valence-electron chi connectivity index (χ3n) is 3.42. The van der Waals surface area contributed by atoms with E-state index in [1.807, 2.05) is 977 Å². The second-order valence-corrected chi connectivity index (χ2v) is 228. The van der Waals surface area contributed by atoms with Crippen LogP contribution in [0.15, 0.2) is 0 Å². The van der Waals surface area contributed by atoms with Crippen LogP contribution in [0.25, 0.3) is 0 Å². The maximum Gasteiger partial charge on any atom is 0 e. The van der Waals surface area contributed by atoms with E-state index in [2.05, 4.69) is 0 Å². The van der Waals surface area contributed by atoms with Gasteiger partial charge in [0.05, 0.1) is 0 Å². The lowest BCUT2D eigenvalue weighted by molar-refractivity contribution is 5.95. The van der Waals surface area contributed by atoms with Gasteiger partial charge in [0.1, 0.15) is 0 Å². The molecular formula is S126. The lowest BCUT2D eigenvalue weighted by Gasteiger charge is -1.41. The van der Waals surface area contributed by atoms with Gasteiger partial charge in [-0.15, -0.1) is 0 Å². The van der Waals surface area contributed by atoms with E-state index in [-0.39, 0.29) is 0 Å². The summed E-state index contributed by atoms with van der Waals surface area (Å²) >= 11 is 9.67. The molecule has 0 unspecified atom stereocenters. The van der Waals surface area contributed by atoms with Crippen molar-refractivity contribution in [3.8, 4) is 0 Å². The van der Waals surface area contributed by atoms with E-state index >= 15 is 0 Å². The fraction of sp³-hybridized carbons (Fsp3) is 0. The second-order valence-electron chi connectivity index (χ2n) is 8.44. The van der Waals surface area contributed by atoms with Crippen molar-refractivity contribution in [2.75, 3.05) is 0 Å². The lowest BCUT2D eigenvalue weighted by Crippen LogP contribution is -1.42. The molecule has 756 valence electrons. The van der Waals surface area contributed by atoms with Crippen LogP contribution in [0, 0.1) is 0 Å². The first-order valence-corrected chi connectivity index (χ1v) is 187. The highest BCUT2D eigenvalue weighted by Crippen LogP contribution is 1.53. The van der Waals surface area contributed by atoms with E-state index in [0.717, 1.165) is 0 Å². The van der Waals surface area contributed by atoms with E-state index in [9.17, 15) is 0 Å². The molecule has 0 N–H and O–H groups in total. The minimum atomic E-state index is 1.37. The topological polar surface area (TPSA) is 0 Å². The Balaban J connectivity index is 6.20. The van der Waals surface area contributed by atoms with Gasteiger partial charge in [0.25, 0.3) is 0 Å². The monoisotopic (exact) mass is 4030 g/mol. The molecule has 0 nitrogen and oxygen atoms in total. The third-order valence-corrected chi connectivity index (χ3v) is 277. The predicted molar refractivity (Wildman–Crippen MR) is 928 cm³/mol. The first-order valence-electron chi connectivity index (χ1n) is 20.8. The van der Waals surface area contributed by atoms with Gasteiger partial charge in [-0.1, -0.05) is 0 Å². The van der Waals surface area contributed by atoms with Gasteiger partial charge in [-0.3, -0.25) is 0 Å². The Hall–Kier alpha value is 27.7. The van der Waals surface area contributed by atoms with Crippen LogP contribution < -0.4 is 0 Å². The molecule has 126 heavy (non-hydrogen) atoms. The lowest BCUT2D eigenvalue weighted by atomic mass is 30.7. The summed E-state index contributed by atoms with van der Waals surface area (Å²) in [6.07, 6.45) is 0. The smallest absolute Gasteiger partial charge is 0 e. The fourth-order valence-electron chi connectivity index (χ4n) is 1.38. The zero-order valence-electron chi connectivity index (χ0n) is 51.4. The van der Waals surface area contributed by atoms with Crippen molar-refractivity contribution in [3.63, 3.8) is 0 Å². The van der Waals surface area contributed by atoms with Crippen molar-refractivity contribution < 1.29 is 0 Å². The molecular weight excluding hydrogens is 4040 g/mol. The Bertz CT molecular complexity index is 9420. The third kappa shape index (κ3) is 152. The van der Waals surface area contributed by atoms with Gasteiger partial charge < -0.3 is 0 Å². The SMILES string of the molecule is S=S=S=S=S=S=S=S=S=S=S=S=S=S=S=S=S=S=S=S=S=S=S=S=S=S=S=S=S=S=S=S=S=S=S=S=S=S=S=S=S=S=S=S=S=S=S=S=S=S=S=S=S=S=S=S=S=S=S=S=S=S=S=S=S=S=S=S=S=S=S=S=S=S=S=S=S=S=S=S=S=S=S=S=S=S=S=S=S=S=S=S=S=S=S=S=S=S=S=S=S=S=S=S=S=S=S=S=S=S=S=S=S=S=S=S=S=S=S=S=S=S=S=S=S=S. The van der Waals surface area contributed by atoms with Crippen molar-refractivity contribution in [1.82, 2.24) is 0 Å². The first kappa shape index (κ1) is 154. The van der Waals surface area contributed by atoms with E-state index in [1.54, 1.807) is 107 Å².